The maximum Gasteiger partial charge on any atom is 0.252 e. The van der Waals surface area contributed by atoms with Gasteiger partial charge in [-0.2, -0.15) is 0 Å². The Labute approximate surface area is 131 Å². The monoisotopic (exact) mass is 292 g/mol. The summed E-state index contributed by atoms with van der Waals surface area (Å²) < 4.78 is 0. The van der Waals surface area contributed by atoms with Crippen LogP contribution in [-0.2, 0) is 0 Å². The van der Waals surface area contributed by atoms with E-state index >= 15 is 0 Å². The van der Waals surface area contributed by atoms with E-state index in [2.05, 4.69) is 22.1 Å². The average Bonchev–Trinajstić information content (AvgIpc) is 3.07. The van der Waals surface area contributed by atoms with Crippen LogP contribution >= 0.6 is 0 Å². The second-order valence-electron chi connectivity index (χ2n) is 5.55. The molecule has 112 valence electrons. The number of carbonyl (C=O) groups is 1. The Morgan fingerprint density at radius 1 is 1.05 bits per heavy atom. The lowest BCUT2D eigenvalue weighted by Gasteiger charge is -2.08. The van der Waals surface area contributed by atoms with Crippen LogP contribution < -0.4 is 5.32 Å². The maximum absolute atomic E-state index is 12.3. The zero-order chi connectivity index (χ0) is 15.2. The minimum Gasteiger partial charge on any atom is -0.341 e. The van der Waals surface area contributed by atoms with Crippen LogP contribution in [0.2, 0.25) is 0 Å². The smallest absolute Gasteiger partial charge is 0.252 e. The molecule has 0 aliphatic carbocycles. The number of amides is 1. The van der Waals surface area contributed by atoms with E-state index in [1.54, 1.807) is 0 Å². The molecule has 0 bridgehead atoms. The largest absolute Gasteiger partial charge is 0.341 e. The van der Waals surface area contributed by atoms with E-state index in [1.165, 1.54) is 12.8 Å². The lowest BCUT2D eigenvalue weighted by molar-refractivity contribution is 0.0960. The lowest BCUT2D eigenvalue weighted by Crippen LogP contribution is -2.24. The van der Waals surface area contributed by atoms with Gasteiger partial charge >= 0.3 is 0 Å². The predicted octanol–water partition coefficient (Wildman–Crippen LogP) is 2.67. The summed E-state index contributed by atoms with van der Waals surface area (Å²) in [5.74, 6) is 6.11. The second-order valence-corrected chi connectivity index (χ2v) is 5.55. The van der Waals surface area contributed by atoms with Gasteiger partial charge in [0, 0.05) is 5.56 Å². The van der Waals surface area contributed by atoms with Crippen LogP contribution in [0.3, 0.4) is 0 Å². The van der Waals surface area contributed by atoms with Crippen molar-refractivity contribution >= 4 is 16.7 Å². The molecule has 0 unspecified atom stereocenters. The maximum atomic E-state index is 12.3. The minimum atomic E-state index is -0.0627. The average molecular weight is 292 g/mol. The molecule has 2 aromatic carbocycles. The van der Waals surface area contributed by atoms with Gasteiger partial charge in [-0.1, -0.05) is 48.2 Å². The van der Waals surface area contributed by atoms with Crippen LogP contribution in [0.15, 0.2) is 42.5 Å². The van der Waals surface area contributed by atoms with Gasteiger partial charge in [-0.3, -0.25) is 9.69 Å². The Balaban J connectivity index is 1.58. The van der Waals surface area contributed by atoms with Crippen molar-refractivity contribution in [2.75, 3.05) is 26.2 Å². The molecule has 0 aromatic heterocycles. The first kappa shape index (κ1) is 14.6. The molecule has 0 radical (unpaired) electrons. The van der Waals surface area contributed by atoms with E-state index in [4.69, 9.17) is 0 Å². The second kappa shape index (κ2) is 7.11. The highest BCUT2D eigenvalue weighted by Gasteiger charge is 2.09. The summed E-state index contributed by atoms with van der Waals surface area (Å²) in [6.45, 7) is 3.51. The fraction of sp³-hybridized carbons (Fsp3) is 0.316. The fourth-order valence-electron chi connectivity index (χ4n) is 2.81. The van der Waals surface area contributed by atoms with E-state index in [0.717, 1.165) is 30.4 Å². The first-order valence-corrected chi connectivity index (χ1v) is 7.78. The van der Waals surface area contributed by atoms with Gasteiger partial charge in [-0.25, -0.2) is 0 Å². The van der Waals surface area contributed by atoms with E-state index < -0.39 is 0 Å². The molecule has 2 aromatic rings. The number of likely N-dealkylation sites (tertiary alicyclic amines) is 1. The highest BCUT2D eigenvalue weighted by atomic mass is 16.1. The van der Waals surface area contributed by atoms with Gasteiger partial charge in [-0.15, -0.1) is 0 Å². The molecule has 22 heavy (non-hydrogen) atoms. The molecule has 3 nitrogen and oxygen atoms in total. The van der Waals surface area contributed by atoms with Crippen LogP contribution in [0.1, 0.15) is 23.2 Å². The third kappa shape index (κ3) is 3.47. The van der Waals surface area contributed by atoms with Crippen molar-refractivity contribution < 1.29 is 4.79 Å². The Morgan fingerprint density at radius 3 is 2.68 bits per heavy atom. The van der Waals surface area contributed by atoms with E-state index in [9.17, 15) is 4.79 Å². The molecule has 1 N–H and O–H groups in total. The summed E-state index contributed by atoms with van der Waals surface area (Å²) in [6.07, 6.45) is 2.55. The first-order chi connectivity index (χ1) is 10.8. The SMILES string of the molecule is O=C(NCC#CCN1CCCC1)c1cccc2ccccc12. The fourth-order valence-corrected chi connectivity index (χ4v) is 2.81. The van der Waals surface area contributed by atoms with Crippen molar-refractivity contribution in [3.8, 4) is 11.8 Å². The van der Waals surface area contributed by atoms with Gasteiger partial charge < -0.3 is 5.32 Å². The Bertz CT molecular complexity index is 716. The third-order valence-corrected chi connectivity index (χ3v) is 4.00. The van der Waals surface area contributed by atoms with Crippen LogP contribution in [0.5, 0.6) is 0 Å². The van der Waals surface area contributed by atoms with Crippen LogP contribution in [0.25, 0.3) is 10.8 Å². The number of rotatable bonds is 3. The van der Waals surface area contributed by atoms with Gasteiger partial charge in [-0.05, 0) is 42.8 Å². The molecule has 1 fully saturated rings. The summed E-state index contributed by atoms with van der Waals surface area (Å²) in [4.78, 5) is 14.6. The molecule has 1 aliphatic rings. The third-order valence-electron chi connectivity index (χ3n) is 4.00. The van der Waals surface area contributed by atoms with Gasteiger partial charge in [0.25, 0.3) is 5.91 Å². The molecule has 3 heteroatoms. The number of nitrogens with zero attached hydrogens (tertiary/aromatic N) is 1. The summed E-state index contributed by atoms with van der Waals surface area (Å²) >= 11 is 0. The lowest BCUT2D eigenvalue weighted by atomic mass is 10.0. The predicted molar refractivity (Wildman–Crippen MR) is 89.7 cm³/mol. The summed E-state index contributed by atoms with van der Waals surface area (Å²) in [5, 5.41) is 4.94. The highest BCUT2D eigenvalue weighted by molar-refractivity contribution is 6.07. The normalized spacial score (nSPS) is 14.5. The molecule has 0 saturated carbocycles. The first-order valence-electron chi connectivity index (χ1n) is 7.78. The van der Waals surface area contributed by atoms with E-state index in [0.29, 0.717) is 12.1 Å². The molecule has 1 saturated heterocycles. The number of hydrogen-bond acceptors (Lipinski definition) is 2. The van der Waals surface area contributed by atoms with Gasteiger partial charge in [0.15, 0.2) is 0 Å². The van der Waals surface area contributed by atoms with Gasteiger partial charge in [0.2, 0.25) is 0 Å². The Morgan fingerprint density at radius 2 is 1.82 bits per heavy atom. The van der Waals surface area contributed by atoms with Gasteiger partial charge in [0.05, 0.1) is 13.1 Å². The van der Waals surface area contributed by atoms with Crippen LogP contribution in [0, 0.1) is 11.8 Å². The zero-order valence-electron chi connectivity index (χ0n) is 12.6. The topological polar surface area (TPSA) is 32.3 Å². The van der Waals surface area contributed by atoms with Crippen molar-refractivity contribution in [1.82, 2.24) is 10.2 Å². The van der Waals surface area contributed by atoms with Crippen LogP contribution in [-0.4, -0.2) is 37.0 Å². The molecule has 1 amide bonds. The molecule has 1 aliphatic heterocycles. The molecule has 1 heterocycles. The Kier molecular flexibility index (Phi) is 4.72. The summed E-state index contributed by atoms with van der Waals surface area (Å²) in [6, 6.07) is 13.7. The molecular weight excluding hydrogens is 272 g/mol. The minimum absolute atomic E-state index is 0.0627. The van der Waals surface area contributed by atoms with Crippen molar-refractivity contribution in [1.29, 1.82) is 0 Å². The van der Waals surface area contributed by atoms with Crippen molar-refractivity contribution in [3.05, 3.63) is 48.0 Å². The van der Waals surface area contributed by atoms with Crippen LogP contribution in [0.4, 0.5) is 0 Å². The van der Waals surface area contributed by atoms with E-state index in [-0.39, 0.29) is 5.91 Å². The van der Waals surface area contributed by atoms with Crippen molar-refractivity contribution in [2.45, 2.75) is 12.8 Å². The quantitative estimate of drug-likeness (QED) is 0.882. The van der Waals surface area contributed by atoms with E-state index in [1.807, 2.05) is 42.5 Å². The standard InChI is InChI=1S/C19H20N2O/c22-19(20-12-3-4-13-21-14-5-6-15-21)18-11-7-9-16-8-1-2-10-17(16)18/h1-2,7-11H,5-6,12-15H2,(H,20,22). The molecule has 3 rings (SSSR count). The Hall–Kier alpha value is -2.31. The molecule has 0 atom stereocenters. The summed E-state index contributed by atoms with van der Waals surface area (Å²) in [7, 11) is 0. The molecular formula is C19H20N2O. The number of fused-ring (bicyclic) bond motifs is 1. The number of carbonyl (C=O) groups excluding carboxylic acids is 1. The van der Waals surface area contributed by atoms with Crippen molar-refractivity contribution in [2.24, 2.45) is 0 Å². The summed E-state index contributed by atoms with van der Waals surface area (Å²) in [5.41, 5.74) is 0.708. The number of benzene rings is 2. The van der Waals surface area contributed by atoms with Gasteiger partial charge in [0.1, 0.15) is 0 Å². The highest BCUT2D eigenvalue weighted by Crippen LogP contribution is 2.18. The zero-order valence-corrected chi connectivity index (χ0v) is 12.6. The van der Waals surface area contributed by atoms with Crippen molar-refractivity contribution in [3.63, 3.8) is 0 Å². The number of hydrogen-bond donors (Lipinski definition) is 1. The molecule has 0 spiro atoms. The number of nitrogens with one attached hydrogen (secondary N) is 1.